The Morgan fingerprint density at radius 1 is 1.33 bits per heavy atom. The first-order valence-corrected chi connectivity index (χ1v) is 8.84. The normalized spacial score (nSPS) is 10.2. The summed E-state index contributed by atoms with van der Waals surface area (Å²) in [5.41, 5.74) is 5.30. The van der Waals surface area contributed by atoms with Crippen molar-refractivity contribution in [2.24, 2.45) is 5.73 Å². The summed E-state index contributed by atoms with van der Waals surface area (Å²) in [6, 6.07) is 2.73. The minimum Gasteiger partial charge on any atom is -0.493 e. The van der Waals surface area contributed by atoms with Crippen LogP contribution in [0, 0.1) is 0 Å². The molecule has 1 aromatic heterocycles. The Bertz CT molecular complexity index is 870. The summed E-state index contributed by atoms with van der Waals surface area (Å²) in [6.07, 6.45) is 0. The summed E-state index contributed by atoms with van der Waals surface area (Å²) >= 11 is 7.18. The molecule has 1 aromatic carbocycles. The highest BCUT2D eigenvalue weighted by atomic mass is 35.5. The van der Waals surface area contributed by atoms with Crippen molar-refractivity contribution < 1.29 is 28.6 Å². The molecule has 0 spiro atoms. The number of hydrogen-bond acceptors (Lipinski definition) is 8. The molecule has 27 heavy (non-hydrogen) atoms. The Labute approximate surface area is 163 Å². The highest BCUT2D eigenvalue weighted by Gasteiger charge is 2.18. The maximum absolute atomic E-state index is 12.4. The topological polar surface area (TPSA) is 130 Å². The zero-order valence-corrected chi connectivity index (χ0v) is 16.0. The summed E-state index contributed by atoms with van der Waals surface area (Å²) in [4.78, 5) is 38.9. The molecule has 0 atom stereocenters. The molecule has 1 heterocycles. The molecule has 11 heteroatoms. The van der Waals surface area contributed by atoms with Crippen LogP contribution < -0.4 is 20.5 Å². The van der Waals surface area contributed by atoms with Gasteiger partial charge in [0.15, 0.2) is 28.9 Å². The predicted molar refractivity (Wildman–Crippen MR) is 98.7 cm³/mol. The number of hydrogen-bond donors (Lipinski definition) is 2. The number of ether oxygens (including phenoxy) is 3. The zero-order valence-electron chi connectivity index (χ0n) is 14.4. The number of carbonyl (C=O) groups excluding carboxylic acids is 3. The third-order valence-electron chi connectivity index (χ3n) is 3.06. The van der Waals surface area contributed by atoms with E-state index < -0.39 is 24.4 Å². The summed E-state index contributed by atoms with van der Waals surface area (Å²) in [5.74, 6) is -1.54. The molecule has 0 saturated heterocycles. The van der Waals surface area contributed by atoms with Crippen LogP contribution >= 0.6 is 22.9 Å². The van der Waals surface area contributed by atoms with Crippen LogP contribution in [0.2, 0.25) is 5.02 Å². The van der Waals surface area contributed by atoms with Crippen molar-refractivity contribution in [1.29, 1.82) is 0 Å². The highest BCUT2D eigenvalue weighted by Crippen LogP contribution is 2.36. The van der Waals surface area contributed by atoms with Gasteiger partial charge in [0, 0.05) is 10.9 Å². The van der Waals surface area contributed by atoms with E-state index in [9.17, 15) is 14.4 Å². The number of nitrogens with one attached hydrogen (secondary N) is 1. The van der Waals surface area contributed by atoms with Crippen LogP contribution in [0.1, 0.15) is 27.8 Å². The Hall–Kier alpha value is -2.85. The molecule has 0 radical (unpaired) electrons. The SMILES string of the molecule is CCOC(=O)c1csc(NC(=O)c2cc(Cl)c(OCC(N)=O)c(OC)c2)n1. The number of thiazole rings is 1. The molecule has 0 saturated carbocycles. The summed E-state index contributed by atoms with van der Waals surface area (Å²) in [7, 11) is 1.36. The number of carbonyl (C=O) groups is 3. The second kappa shape index (κ2) is 9.19. The first kappa shape index (κ1) is 20.5. The number of primary amides is 1. The lowest BCUT2D eigenvalue weighted by Gasteiger charge is -2.13. The van der Waals surface area contributed by atoms with Gasteiger partial charge in [-0.15, -0.1) is 11.3 Å². The van der Waals surface area contributed by atoms with Crippen LogP contribution in [0.25, 0.3) is 0 Å². The molecule has 0 bridgehead atoms. The maximum Gasteiger partial charge on any atom is 0.357 e. The fraction of sp³-hybridized carbons (Fsp3) is 0.250. The molecule has 3 N–H and O–H groups in total. The van der Waals surface area contributed by atoms with Crippen LogP contribution in [0.4, 0.5) is 5.13 Å². The van der Waals surface area contributed by atoms with Crippen molar-refractivity contribution in [3.05, 3.63) is 33.8 Å². The van der Waals surface area contributed by atoms with E-state index in [1.807, 2.05) is 0 Å². The van der Waals surface area contributed by atoms with E-state index in [2.05, 4.69) is 10.3 Å². The van der Waals surface area contributed by atoms with Gasteiger partial charge < -0.3 is 19.9 Å². The Balaban J connectivity index is 2.17. The van der Waals surface area contributed by atoms with Gasteiger partial charge in [-0.3, -0.25) is 14.9 Å². The first-order chi connectivity index (χ1) is 12.8. The number of nitrogens with zero attached hydrogens (tertiary/aromatic N) is 1. The van der Waals surface area contributed by atoms with E-state index in [1.165, 1.54) is 24.6 Å². The average molecular weight is 414 g/mol. The highest BCUT2D eigenvalue weighted by molar-refractivity contribution is 7.14. The molecular weight excluding hydrogens is 398 g/mol. The van der Waals surface area contributed by atoms with Crippen molar-refractivity contribution >= 4 is 45.9 Å². The number of rotatable bonds is 8. The molecule has 0 aliphatic rings. The lowest BCUT2D eigenvalue weighted by molar-refractivity contribution is -0.119. The van der Waals surface area contributed by atoms with Crippen LogP contribution in [-0.4, -0.2) is 43.1 Å². The molecule has 0 aliphatic heterocycles. The van der Waals surface area contributed by atoms with Gasteiger partial charge >= 0.3 is 5.97 Å². The quantitative estimate of drug-likeness (QED) is 0.633. The van der Waals surface area contributed by atoms with Crippen LogP contribution in [-0.2, 0) is 9.53 Å². The minimum atomic E-state index is -0.684. The van der Waals surface area contributed by atoms with Crippen molar-refractivity contribution in [1.82, 2.24) is 4.98 Å². The number of aromatic nitrogens is 1. The fourth-order valence-electron chi connectivity index (χ4n) is 1.93. The summed E-state index contributed by atoms with van der Waals surface area (Å²) in [6.45, 7) is 1.51. The number of methoxy groups -OCH3 is 1. The number of amides is 2. The lowest BCUT2D eigenvalue weighted by Crippen LogP contribution is -2.20. The molecular formula is C16H16ClN3O6S. The molecule has 144 valence electrons. The fourth-order valence-corrected chi connectivity index (χ4v) is 2.87. The van der Waals surface area contributed by atoms with Gasteiger partial charge in [-0.05, 0) is 19.1 Å². The van der Waals surface area contributed by atoms with Crippen LogP contribution in [0.5, 0.6) is 11.5 Å². The minimum absolute atomic E-state index is 0.0621. The number of halogens is 1. The molecule has 0 unspecified atom stereocenters. The van der Waals surface area contributed by atoms with Gasteiger partial charge in [0.05, 0.1) is 18.7 Å². The number of esters is 1. The van der Waals surface area contributed by atoms with Gasteiger partial charge in [-0.1, -0.05) is 11.6 Å². The monoisotopic (exact) mass is 413 g/mol. The molecule has 0 fully saturated rings. The largest absolute Gasteiger partial charge is 0.493 e. The van der Waals surface area contributed by atoms with Crippen molar-refractivity contribution in [3.8, 4) is 11.5 Å². The Kier molecular flexibility index (Phi) is 6.97. The number of benzene rings is 1. The average Bonchev–Trinajstić information content (AvgIpc) is 3.08. The van der Waals surface area contributed by atoms with Crippen molar-refractivity contribution in [2.75, 3.05) is 25.6 Å². The van der Waals surface area contributed by atoms with Crippen molar-refractivity contribution in [2.45, 2.75) is 6.92 Å². The molecule has 2 aromatic rings. The van der Waals surface area contributed by atoms with Gasteiger partial charge in [-0.25, -0.2) is 9.78 Å². The van der Waals surface area contributed by atoms with E-state index in [0.29, 0.717) is 0 Å². The predicted octanol–water partition coefficient (Wildman–Crippen LogP) is 2.10. The van der Waals surface area contributed by atoms with Gasteiger partial charge in [-0.2, -0.15) is 0 Å². The third-order valence-corrected chi connectivity index (χ3v) is 4.10. The van der Waals surface area contributed by atoms with E-state index in [0.717, 1.165) is 11.3 Å². The van der Waals surface area contributed by atoms with Crippen LogP contribution in [0.3, 0.4) is 0 Å². The van der Waals surface area contributed by atoms with Gasteiger partial charge in [0.1, 0.15) is 0 Å². The molecule has 2 amide bonds. The van der Waals surface area contributed by atoms with Crippen molar-refractivity contribution in [3.63, 3.8) is 0 Å². The zero-order chi connectivity index (χ0) is 20.0. The standard InChI is InChI=1S/C16H16ClN3O6S/c1-3-25-15(23)10-7-27-16(19-10)20-14(22)8-4-9(17)13(11(5-8)24-2)26-6-12(18)21/h4-5,7H,3,6H2,1-2H3,(H2,18,21)(H,19,20,22). The second-order valence-corrected chi connectivity index (χ2v) is 6.22. The Morgan fingerprint density at radius 3 is 2.70 bits per heavy atom. The number of nitrogens with two attached hydrogens (primary N) is 1. The van der Waals surface area contributed by atoms with Gasteiger partial charge in [0.2, 0.25) is 0 Å². The molecule has 9 nitrogen and oxygen atoms in total. The first-order valence-electron chi connectivity index (χ1n) is 7.58. The van der Waals surface area contributed by atoms with Crippen LogP contribution in [0.15, 0.2) is 17.5 Å². The molecule has 2 rings (SSSR count). The lowest BCUT2D eigenvalue weighted by atomic mass is 10.2. The van der Waals surface area contributed by atoms with E-state index in [1.54, 1.807) is 6.92 Å². The second-order valence-electron chi connectivity index (χ2n) is 4.96. The third kappa shape index (κ3) is 5.31. The van der Waals surface area contributed by atoms with Gasteiger partial charge in [0.25, 0.3) is 11.8 Å². The summed E-state index contributed by atoms with van der Waals surface area (Å²) < 4.78 is 15.2. The van der Waals surface area contributed by atoms with E-state index in [-0.39, 0.29) is 39.5 Å². The smallest absolute Gasteiger partial charge is 0.357 e. The molecule has 0 aliphatic carbocycles. The van der Waals surface area contributed by atoms with E-state index >= 15 is 0 Å². The Morgan fingerprint density at radius 2 is 2.07 bits per heavy atom. The maximum atomic E-state index is 12.4. The number of anilines is 1. The summed E-state index contributed by atoms with van der Waals surface area (Å²) in [5, 5.41) is 4.31. The van der Waals surface area contributed by atoms with E-state index in [4.69, 9.17) is 31.5 Å².